The van der Waals surface area contributed by atoms with Crippen LogP contribution in [0.5, 0.6) is 0 Å². The van der Waals surface area contributed by atoms with Gasteiger partial charge in [0.1, 0.15) is 18.3 Å². The number of anilines is 1. The number of rotatable bonds is 20. The molecule has 10 unspecified atom stereocenters. The molecule has 25 nitrogen and oxygen atoms in total. The molecule has 11 N–H and O–H groups in total. The number of thioether (sulfide) groups is 1. The molecule has 3 aliphatic heterocycles. The maximum absolute atomic E-state index is 12.4. The number of carbonyl (C=O) groups is 3. The number of imidazole rings is 1. The zero-order valence-corrected chi connectivity index (χ0v) is 32.2. The normalized spacial score (nSPS) is 28.1. The average Bonchev–Trinajstić information content (AvgIpc) is 3.82. The number of ether oxygens (including phenoxy) is 1. The largest absolute Gasteiger partial charge is 0.538 e. The second-order valence-electron chi connectivity index (χ2n) is 12.7. The lowest BCUT2D eigenvalue weighted by molar-refractivity contribution is -0.135. The van der Waals surface area contributed by atoms with Gasteiger partial charge in [-0.05, 0) is 25.7 Å². The van der Waals surface area contributed by atoms with E-state index in [0.29, 0.717) is 37.5 Å². The first-order valence-corrected chi connectivity index (χ1v) is 22.3. The lowest BCUT2D eigenvalue weighted by atomic mass is 10.0. The number of nitrogens with one attached hydrogen (secondary N) is 4. The minimum absolute atomic E-state index is 0.111. The molecule has 308 valence electrons. The van der Waals surface area contributed by atoms with Crippen LogP contribution in [0.3, 0.4) is 0 Å². The number of phosphoric acid groups is 3. The molecule has 3 fully saturated rings. The fraction of sp³-hybridized carbons (Fsp3) is 0.692. The van der Waals surface area contributed by atoms with Crippen LogP contribution >= 0.6 is 35.2 Å². The van der Waals surface area contributed by atoms with Crippen molar-refractivity contribution in [3.05, 3.63) is 16.7 Å². The summed E-state index contributed by atoms with van der Waals surface area (Å²) < 4.78 is 60.0. The molecule has 3 saturated heterocycles. The lowest BCUT2D eigenvalue weighted by Gasteiger charge is -2.20. The van der Waals surface area contributed by atoms with Gasteiger partial charge in [-0.1, -0.05) is 12.8 Å². The van der Waals surface area contributed by atoms with E-state index >= 15 is 0 Å². The van der Waals surface area contributed by atoms with E-state index in [-0.39, 0.29) is 47.6 Å². The first-order chi connectivity index (χ1) is 25.8. The molecule has 3 aliphatic rings. The number of urea groups is 1. The van der Waals surface area contributed by atoms with Gasteiger partial charge in [-0.25, -0.2) is 23.5 Å². The van der Waals surface area contributed by atoms with E-state index < -0.39 is 72.6 Å². The van der Waals surface area contributed by atoms with Gasteiger partial charge in [-0.15, -0.1) is 0 Å². The maximum Gasteiger partial charge on any atom is 0.538 e. The standard InChI is InChI=1S/C26H41N8O17P3S/c27-25-32-22-19(23(39)33-25)29-12-34(22)24-21(38)20(37)14(48-24)10-47-52(41,42)50-54(45,46)51-53(43,44)49-17(36)8-2-1-5-9-28-16(35)7-4-3-6-15-18-13(11-55-15)30-26(40)31-18/h12-15,18,20-21,24,37-38H,1-11H2,(H,28,35)(H,41,42)(H,43,44)(H,45,46)(H2,30,31,40)(H3,27,32,33,39). The third kappa shape index (κ3) is 11.8. The second-order valence-corrected chi connectivity index (χ2v) is 18.5. The molecule has 0 bridgehead atoms. The Labute approximate surface area is 315 Å². The van der Waals surface area contributed by atoms with Crippen LogP contribution in [0.25, 0.3) is 11.2 Å². The molecule has 0 aromatic carbocycles. The van der Waals surface area contributed by atoms with Crippen molar-refractivity contribution in [3.8, 4) is 0 Å². The van der Waals surface area contributed by atoms with E-state index in [1.165, 1.54) is 0 Å². The Morgan fingerprint density at radius 3 is 2.49 bits per heavy atom. The monoisotopic (exact) mass is 862 g/mol. The second kappa shape index (κ2) is 18.1. The molecular formula is C26H41N8O17P3S. The summed E-state index contributed by atoms with van der Waals surface area (Å²) in [5.74, 6) is -0.888. The van der Waals surface area contributed by atoms with Crippen LogP contribution in [-0.2, 0) is 45.7 Å². The molecule has 0 radical (unpaired) electrons. The van der Waals surface area contributed by atoms with Gasteiger partial charge in [0.15, 0.2) is 17.4 Å². The fourth-order valence-electron chi connectivity index (χ4n) is 6.05. The number of aliphatic hydroxyl groups excluding tert-OH is 2. The van der Waals surface area contributed by atoms with Gasteiger partial charge >= 0.3 is 35.5 Å². The number of fused-ring (bicyclic) bond motifs is 2. The summed E-state index contributed by atoms with van der Waals surface area (Å²) in [6.45, 7) is -0.754. The molecular weight excluding hydrogens is 821 g/mol. The topological polar surface area (TPSA) is 375 Å². The van der Waals surface area contributed by atoms with Gasteiger partial charge in [0.25, 0.3) is 5.56 Å². The molecule has 2 aromatic rings. The van der Waals surface area contributed by atoms with Crippen molar-refractivity contribution in [1.82, 2.24) is 35.5 Å². The van der Waals surface area contributed by atoms with Crippen LogP contribution in [0, 0.1) is 0 Å². The Morgan fingerprint density at radius 1 is 1.00 bits per heavy atom. The SMILES string of the molecule is Nc1nc2c(ncn2C2OC(COP(=O)(O)OP(=O)(O)OP(=O)(O)OC(=O)CCCCCNC(=O)CCCCC3SCC4NC(=O)NC43)C(O)C2O)c(=O)[nH]1. The number of amides is 3. The zero-order valence-electron chi connectivity index (χ0n) is 28.7. The summed E-state index contributed by atoms with van der Waals surface area (Å²) in [6, 6.07) is 0.111. The van der Waals surface area contributed by atoms with Gasteiger partial charge in [0, 0.05) is 30.4 Å². The predicted molar refractivity (Wildman–Crippen MR) is 188 cm³/mol. The Bertz CT molecular complexity index is 1940. The van der Waals surface area contributed by atoms with E-state index in [0.717, 1.165) is 29.5 Å². The highest BCUT2D eigenvalue weighted by atomic mass is 32.2. The lowest BCUT2D eigenvalue weighted by Crippen LogP contribution is -2.36. The zero-order chi connectivity index (χ0) is 40.1. The molecule has 55 heavy (non-hydrogen) atoms. The number of nitrogens with zero attached hydrogens (tertiary/aromatic N) is 3. The van der Waals surface area contributed by atoms with Crippen LogP contribution in [0.4, 0.5) is 10.7 Å². The van der Waals surface area contributed by atoms with Crippen LogP contribution in [0.1, 0.15) is 57.6 Å². The maximum atomic E-state index is 12.4. The Balaban J connectivity index is 0.953. The number of nitrogens with two attached hydrogens (primary N) is 1. The Morgan fingerprint density at radius 2 is 1.73 bits per heavy atom. The van der Waals surface area contributed by atoms with Crippen molar-refractivity contribution in [1.29, 1.82) is 0 Å². The van der Waals surface area contributed by atoms with Crippen molar-refractivity contribution >= 4 is 70.2 Å². The van der Waals surface area contributed by atoms with Gasteiger partial charge in [0.05, 0.1) is 25.0 Å². The number of H-pyrrole nitrogens is 1. The molecule has 3 amide bonds. The number of aromatic nitrogens is 4. The third-order valence-electron chi connectivity index (χ3n) is 8.55. The van der Waals surface area contributed by atoms with Gasteiger partial charge in [-0.2, -0.15) is 25.4 Å². The highest BCUT2D eigenvalue weighted by Gasteiger charge is 2.48. The minimum atomic E-state index is -5.95. The number of unbranched alkanes of at least 4 members (excludes halogenated alkanes) is 3. The summed E-state index contributed by atoms with van der Waals surface area (Å²) in [6.07, 6.45) is -2.28. The van der Waals surface area contributed by atoms with Crippen LogP contribution < -0.4 is 27.2 Å². The van der Waals surface area contributed by atoms with Crippen molar-refractivity contribution < 1.29 is 75.4 Å². The molecule has 29 heteroatoms. The van der Waals surface area contributed by atoms with Crippen molar-refractivity contribution in [2.45, 2.75) is 93.2 Å². The molecule has 10 atom stereocenters. The number of nitrogen functional groups attached to an aromatic ring is 1. The smallest absolute Gasteiger partial charge is 0.387 e. The number of aliphatic hydroxyl groups is 2. The summed E-state index contributed by atoms with van der Waals surface area (Å²) >= 11 is 1.80. The fourth-order valence-corrected chi connectivity index (χ4v) is 11.1. The van der Waals surface area contributed by atoms with Crippen LogP contribution in [0.15, 0.2) is 11.1 Å². The summed E-state index contributed by atoms with van der Waals surface area (Å²) in [5, 5.41) is 29.8. The number of hydrogen-bond donors (Lipinski definition) is 10. The van der Waals surface area contributed by atoms with Crippen LogP contribution in [-0.4, -0.2) is 117 Å². The molecule has 0 spiro atoms. The highest BCUT2D eigenvalue weighted by molar-refractivity contribution is 8.00. The van der Waals surface area contributed by atoms with Crippen molar-refractivity contribution in [2.75, 3.05) is 24.6 Å². The van der Waals surface area contributed by atoms with Gasteiger partial charge < -0.3 is 50.9 Å². The Hall–Kier alpha value is -2.96. The summed E-state index contributed by atoms with van der Waals surface area (Å²) in [5.41, 5.74) is 4.50. The molecule has 0 aliphatic carbocycles. The number of hydrogen-bond acceptors (Lipinski definition) is 18. The quantitative estimate of drug-likeness (QED) is 0.0460. The first-order valence-electron chi connectivity index (χ1n) is 16.8. The minimum Gasteiger partial charge on any atom is -0.387 e. The van der Waals surface area contributed by atoms with E-state index in [9.17, 15) is 57.8 Å². The molecule has 2 aromatic heterocycles. The highest BCUT2D eigenvalue weighted by Crippen LogP contribution is 2.67. The molecule has 5 rings (SSSR count). The van der Waals surface area contributed by atoms with Crippen molar-refractivity contribution in [3.63, 3.8) is 0 Å². The van der Waals surface area contributed by atoms with Crippen molar-refractivity contribution in [2.24, 2.45) is 0 Å². The van der Waals surface area contributed by atoms with Crippen LogP contribution in [0.2, 0.25) is 0 Å². The molecule has 0 saturated carbocycles. The van der Waals surface area contributed by atoms with Gasteiger partial charge in [0.2, 0.25) is 11.9 Å². The Kier molecular flexibility index (Phi) is 14.2. The third-order valence-corrected chi connectivity index (χ3v) is 14.3. The molecule has 5 heterocycles. The summed E-state index contributed by atoms with van der Waals surface area (Å²) in [7, 11) is -17.3. The average molecular weight is 863 g/mol. The van der Waals surface area contributed by atoms with E-state index in [2.05, 4.69) is 48.6 Å². The van der Waals surface area contributed by atoms with Gasteiger partial charge in [-0.3, -0.25) is 33.4 Å². The first kappa shape index (κ1) is 43.2. The predicted octanol–water partition coefficient (Wildman–Crippen LogP) is -0.382. The number of carbonyl (C=O) groups excluding carboxylic acids is 3. The number of aromatic amines is 1. The summed E-state index contributed by atoms with van der Waals surface area (Å²) in [4.78, 5) is 87.2. The van der Waals surface area contributed by atoms with E-state index in [1.54, 1.807) is 11.8 Å². The van der Waals surface area contributed by atoms with E-state index in [1.807, 2.05) is 0 Å². The van der Waals surface area contributed by atoms with E-state index in [4.69, 9.17) is 10.5 Å². The number of phosphoric ester groups is 2.